The second-order valence-corrected chi connectivity index (χ2v) is 4.74. The molecule has 0 aliphatic heterocycles. The van der Waals surface area contributed by atoms with Crippen LogP contribution in [0.15, 0.2) is 36.5 Å². The van der Waals surface area contributed by atoms with Gasteiger partial charge < -0.3 is 11.1 Å². The van der Waals surface area contributed by atoms with Crippen molar-refractivity contribution in [3.05, 3.63) is 58.5 Å². The van der Waals surface area contributed by atoms with Gasteiger partial charge in [-0.05, 0) is 30.7 Å². The van der Waals surface area contributed by atoms with Gasteiger partial charge in [0.1, 0.15) is 11.6 Å². The van der Waals surface area contributed by atoms with E-state index in [0.29, 0.717) is 0 Å². The highest BCUT2D eigenvalue weighted by molar-refractivity contribution is 6.33. The van der Waals surface area contributed by atoms with Crippen molar-refractivity contribution in [2.75, 3.05) is 5.73 Å². The zero-order valence-corrected chi connectivity index (χ0v) is 11.5. The lowest BCUT2D eigenvalue weighted by Gasteiger charge is -2.15. The number of nitrogen functional groups attached to an aromatic ring is 1. The Balaban J connectivity index is 2.15. The molecule has 104 valence electrons. The van der Waals surface area contributed by atoms with Gasteiger partial charge in [0.2, 0.25) is 0 Å². The molecule has 2 aromatic rings. The standard InChI is InChI=1S/C14H13ClFN3O/c1-8(9-2-4-10(16)5-3-9)19-14(20)11-6-13(17)18-7-12(11)15/h2-8H,1H3,(H2,17,18)(H,19,20). The number of anilines is 1. The normalized spacial score (nSPS) is 11.9. The van der Waals surface area contributed by atoms with Crippen molar-refractivity contribution in [1.29, 1.82) is 0 Å². The number of pyridine rings is 1. The number of carbonyl (C=O) groups excluding carboxylic acids is 1. The third-order valence-corrected chi connectivity index (χ3v) is 3.14. The molecule has 0 aliphatic carbocycles. The van der Waals surface area contributed by atoms with Crippen LogP contribution in [-0.2, 0) is 0 Å². The number of nitrogens with two attached hydrogens (primary N) is 1. The number of nitrogens with zero attached hydrogens (tertiary/aromatic N) is 1. The van der Waals surface area contributed by atoms with Crippen LogP contribution in [0.3, 0.4) is 0 Å². The summed E-state index contributed by atoms with van der Waals surface area (Å²) in [4.78, 5) is 15.9. The predicted molar refractivity (Wildman–Crippen MR) is 75.9 cm³/mol. The van der Waals surface area contributed by atoms with Gasteiger partial charge in [0.25, 0.3) is 5.91 Å². The fraction of sp³-hybridized carbons (Fsp3) is 0.143. The maximum Gasteiger partial charge on any atom is 0.253 e. The Hall–Kier alpha value is -2.14. The lowest BCUT2D eigenvalue weighted by Crippen LogP contribution is -2.27. The first-order chi connectivity index (χ1) is 9.47. The number of rotatable bonds is 3. The van der Waals surface area contributed by atoms with Crippen LogP contribution in [0.2, 0.25) is 5.02 Å². The first-order valence-electron chi connectivity index (χ1n) is 5.94. The number of benzene rings is 1. The maximum atomic E-state index is 12.8. The Morgan fingerprint density at radius 3 is 2.70 bits per heavy atom. The Kier molecular flexibility index (Phi) is 4.20. The van der Waals surface area contributed by atoms with E-state index in [9.17, 15) is 9.18 Å². The summed E-state index contributed by atoms with van der Waals surface area (Å²) in [6, 6.07) is 7.04. The summed E-state index contributed by atoms with van der Waals surface area (Å²) in [5.74, 6) is -0.466. The highest BCUT2D eigenvalue weighted by Gasteiger charge is 2.15. The van der Waals surface area contributed by atoms with Crippen molar-refractivity contribution in [1.82, 2.24) is 10.3 Å². The number of halogens is 2. The van der Waals surface area contributed by atoms with E-state index in [0.717, 1.165) is 5.56 Å². The lowest BCUT2D eigenvalue weighted by atomic mass is 10.1. The monoisotopic (exact) mass is 293 g/mol. The summed E-state index contributed by atoms with van der Waals surface area (Å²) < 4.78 is 12.8. The molecular weight excluding hydrogens is 281 g/mol. The molecule has 1 unspecified atom stereocenters. The van der Waals surface area contributed by atoms with E-state index in [1.165, 1.54) is 24.4 Å². The minimum Gasteiger partial charge on any atom is -0.384 e. The summed E-state index contributed by atoms with van der Waals surface area (Å²) >= 11 is 5.91. The quantitative estimate of drug-likeness (QED) is 0.914. The first kappa shape index (κ1) is 14.3. The molecule has 0 aliphatic rings. The van der Waals surface area contributed by atoms with Gasteiger partial charge in [-0.1, -0.05) is 23.7 Å². The first-order valence-corrected chi connectivity index (χ1v) is 6.32. The van der Waals surface area contributed by atoms with Crippen LogP contribution >= 0.6 is 11.6 Å². The molecule has 0 saturated heterocycles. The van der Waals surface area contributed by atoms with E-state index >= 15 is 0 Å². The molecule has 0 spiro atoms. The average Bonchev–Trinajstić information content (AvgIpc) is 2.42. The summed E-state index contributed by atoms with van der Waals surface area (Å²) in [6.07, 6.45) is 1.33. The fourth-order valence-electron chi connectivity index (χ4n) is 1.74. The largest absolute Gasteiger partial charge is 0.384 e. The van der Waals surface area contributed by atoms with Crippen molar-refractivity contribution >= 4 is 23.3 Å². The lowest BCUT2D eigenvalue weighted by molar-refractivity contribution is 0.0940. The minimum absolute atomic E-state index is 0.217. The molecule has 1 atom stereocenters. The smallest absolute Gasteiger partial charge is 0.253 e. The molecule has 0 radical (unpaired) electrons. The Morgan fingerprint density at radius 1 is 1.40 bits per heavy atom. The van der Waals surface area contributed by atoms with Gasteiger partial charge >= 0.3 is 0 Å². The number of amides is 1. The summed E-state index contributed by atoms with van der Waals surface area (Å²) in [6.45, 7) is 1.80. The molecule has 1 amide bonds. The SMILES string of the molecule is CC(NC(=O)c1cc(N)ncc1Cl)c1ccc(F)cc1. The van der Waals surface area contributed by atoms with Gasteiger partial charge in [-0.2, -0.15) is 0 Å². The minimum atomic E-state index is -0.360. The zero-order valence-electron chi connectivity index (χ0n) is 10.7. The fourth-order valence-corrected chi connectivity index (χ4v) is 1.93. The van der Waals surface area contributed by atoms with Gasteiger partial charge in [-0.25, -0.2) is 9.37 Å². The molecule has 0 saturated carbocycles. The number of nitrogens with one attached hydrogen (secondary N) is 1. The average molecular weight is 294 g/mol. The highest BCUT2D eigenvalue weighted by atomic mass is 35.5. The van der Waals surface area contributed by atoms with Gasteiger partial charge in [0.15, 0.2) is 0 Å². The molecule has 0 bridgehead atoms. The van der Waals surface area contributed by atoms with E-state index < -0.39 is 0 Å². The van der Waals surface area contributed by atoms with E-state index in [2.05, 4.69) is 10.3 Å². The molecule has 20 heavy (non-hydrogen) atoms. The second-order valence-electron chi connectivity index (χ2n) is 4.34. The van der Waals surface area contributed by atoms with E-state index in [1.807, 2.05) is 0 Å². The van der Waals surface area contributed by atoms with Crippen molar-refractivity contribution < 1.29 is 9.18 Å². The number of hydrogen-bond acceptors (Lipinski definition) is 3. The molecule has 3 N–H and O–H groups in total. The van der Waals surface area contributed by atoms with Gasteiger partial charge in [0, 0.05) is 6.20 Å². The molecule has 1 heterocycles. The molecule has 0 fully saturated rings. The van der Waals surface area contributed by atoms with Crippen molar-refractivity contribution in [3.8, 4) is 0 Å². The maximum absolute atomic E-state index is 12.8. The molecule has 1 aromatic heterocycles. The summed E-state index contributed by atoms with van der Waals surface area (Å²) in [7, 11) is 0. The van der Waals surface area contributed by atoms with Crippen LogP contribution in [0.1, 0.15) is 28.9 Å². The van der Waals surface area contributed by atoms with E-state index in [1.54, 1.807) is 19.1 Å². The van der Waals surface area contributed by atoms with Crippen LogP contribution in [0.5, 0.6) is 0 Å². The van der Waals surface area contributed by atoms with Crippen LogP contribution in [-0.4, -0.2) is 10.9 Å². The number of aromatic nitrogens is 1. The summed E-state index contributed by atoms with van der Waals surface area (Å²) in [5, 5.41) is 3.00. The number of carbonyl (C=O) groups is 1. The van der Waals surface area contributed by atoms with Crippen LogP contribution in [0.4, 0.5) is 10.2 Å². The molecular formula is C14H13ClFN3O. The van der Waals surface area contributed by atoms with Crippen LogP contribution < -0.4 is 11.1 Å². The zero-order chi connectivity index (χ0) is 14.7. The van der Waals surface area contributed by atoms with Crippen molar-refractivity contribution in [2.45, 2.75) is 13.0 Å². The third-order valence-electron chi connectivity index (χ3n) is 2.84. The number of hydrogen-bond donors (Lipinski definition) is 2. The molecule has 1 aromatic carbocycles. The van der Waals surface area contributed by atoms with E-state index in [4.69, 9.17) is 17.3 Å². The van der Waals surface area contributed by atoms with Crippen molar-refractivity contribution in [3.63, 3.8) is 0 Å². The Labute approximate surface area is 120 Å². The van der Waals surface area contributed by atoms with E-state index in [-0.39, 0.29) is 34.2 Å². The predicted octanol–water partition coefficient (Wildman–Crippen LogP) is 2.95. The Bertz CT molecular complexity index is 631. The van der Waals surface area contributed by atoms with Gasteiger partial charge in [0.05, 0.1) is 16.6 Å². The topological polar surface area (TPSA) is 68.0 Å². The highest BCUT2D eigenvalue weighted by Crippen LogP contribution is 2.19. The molecule has 2 rings (SSSR count). The van der Waals surface area contributed by atoms with Crippen LogP contribution in [0, 0.1) is 5.82 Å². The molecule has 6 heteroatoms. The van der Waals surface area contributed by atoms with Crippen molar-refractivity contribution in [2.24, 2.45) is 0 Å². The summed E-state index contributed by atoms with van der Waals surface area (Å²) in [5.41, 5.74) is 6.58. The van der Waals surface area contributed by atoms with Crippen LogP contribution in [0.25, 0.3) is 0 Å². The Morgan fingerprint density at radius 2 is 2.05 bits per heavy atom. The second kappa shape index (κ2) is 5.88. The van der Waals surface area contributed by atoms with Gasteiger partial charge in [-0.3, -0.25) is 4.79 Å². The third kappa shape index (κ3) is 3.24. The van der Waals surface area contributed by atoms with Gasteiger partial charge in [-0.15, -0.1) is 0 Å². The molecule has 4 nitrogen and oxygen atoms in total.